The van der Waals surface area contributed by atoms with Crippen LogP contribution >= 0.6 is 0 Å². The summed E-state index contributed by atoms with van der Waals surface area (Å²) in [7, 11) is 1.71. The molecule has 14 heavy (non-hydrogen) atoms. The maximum Gasteiger partial charge on any atom is 0.164 e. The van der Waals surface area contributed by atoms with Crippen molar-refractivity contribution in [3.8, 4) is 0 Å². The van der Waals surface area contributed by atoms with Crippen LogP contribution in [-0.4, -0.2) is 34.9 Å². The molecule has 0 bridgehead atoms. The van der Waals surface area contributed by atoms with Crippen molar-refractivity contribution < 1.29 is 4.74 Å². The highest BCUT2D eigenvalue weighted by molar-refractivity contribution is 4.87. The molecule has 0 aliphatic rings. The Morgan fingerprint density at radius 1 is 1.57 bits per heavy atom. The number of H-pyrrole nitrogens is 1. The number of methoxy groups -OCH3 is 1. The number of aryl methyl sites for hydroxylation is 1. The first kappa shape index (κ1) is 11.1. The van der Waals surface area contributed by atoms with Gasteiger partial charge in [-0.2, -0.15) is 5.10 Å². The Hall–Kier alpha value is -0.940. The predicted octanol–water partition coefficient (Wildman–Crippen LogP) is 0.628. The normalized spacial score (nSPS) is 13.1. The Bertz CT molecular complexity index is 261. The quantitative estimate of drug-likeness (QED) is 0.703. The van der Waals surface area contributed by atoms with E-state index in [0.29, 0.717) is 12.6 Å². The molecule has 1 rings (SSSR count). The van der Waals surface area contributed by atoms with Gasteiger partial charge in [0.2, 0.25) is 0 Å². The molecule has 0 fully saturated rings. The summed E-state index contributed by atoms with van der Waals surface area (Å²) >= 11 is 0. The number of nitrogens with one attached hydrogen (secondary N) is 2. The van der Waals surface area contributed by atoms with Gasteiger partial charge in [0, 0.05) is 13.2 Å². The van der Waals surface area contributed by atoms with Crippen molar-refractivity contribution in [2.75, 3.05) is 13.7 Å². The van der Waals surface area contributed by atoms with Crippen LogP contribution in [0.5, 0.6) is 0 Å². The number of rotatable bonds is 6. The minimum Gasteiger partial charge on any atom is -0.383 e. The van der Waals surface area contributed by atoms with Gasteiger partial charge in [0.15, 0.2) is 5.82 Å². The Morgan fingerprint density at radius 3 is 2.86 bits per heavy atom. The van der Waals surface area contributed by atoms with E-state index in [9.17, 15) is 0 Å². The second-order valence-electron chi connectivity index (χ2n) is 3.28. The lowest BCUT2D eigenvalue weighted by molar-refractivity contribution is 0.163. The molecule has 0 spiro atoms. The molecule has 0 aliphatic carbocycles. The van der Waals surface area contributed by atoms with Gasteiger partial charge in [0.25, 0.3) is 0 Å². The smallest absolute Gasteiger partial charge is 0.164 e. The summed E-state index contributed by atoms with van der Waals surface area (Å²) < 4.78 is 5.08. The van der Waals surface area contributed by atoms with E-state index >= 15 is 0 Å². The van der Waals surface area contributed by atoms with Gasteiger partial charge in [-0.15, -0.1) is 0 Å². The Labute approximate surface area is 84.3 Å². The minimum absolute atomic E-state index is 0.374. The van der Waals surface area contributed by atoms with Crippen LogP contribution < -0.4 is 5.32 Å². The van der Waals surface area contributed by atoms with Gasteiger partial charge < -0.3 is 10.1 Å². The summed E-state index contributed by atoms with van der Waals surface area (Å²) in [4.78, 5) is 4.21. The maximum absolute atomic E-state index is 5.08. The highest BCUT2D eigenvalue weighted by atomic mass is 16.5. The van der Waals surface area contributed by atoms with E-state index in [2.05, 4.69) is 27.4 Å². The zero-order valence-corrected chi connectivity index (χ0v) is 9.00. The van der Waals surface area contributed by atoms with Crippen molar-refractivity contribution in [1.82, 2.24) is 20.5 Å². The van der Waals surface area contributed by atoms with E-state index in [0.717, 1.165) is 24.7 Å². The van der Waals surface area contributed by atoms with Gasteiger partial charge in [0.05, 0.1) is 13.2 Å². The maximum atomic E-state index is 5.08. The van der Waals surface area contributed by atoms with Crippen molar-refractivity contribution in [3.63, 3.8) is 0 Å². The van der Waals surface area contributed by atoms with E-state index < -0.39 is 0 Å². The minimum atomic E-state index is 0.374. The van der Waals surface area contributed by atoms with Crippen LogP contribution in [-0.2, 0) is 11.3 Å². The molecule has 1 aromatic rings. The highest BCUT2D eigenvalue weighted by Gasteiger charge is 2.06. The number of nitrogens with zero attached hydrogens (tertiary/aromatic N) is 2. The van der Waals surface area contributed by atoms with Crippen LogP contribution in [0.4, 0.5) is 0 Å². The van der Waals surface area contributed by atoms with Gasteiger partial charge in [0.1, 0.15) is 5.82 Å². The topological polar surface area (TPSA) is 62.8 Å². The molecule has 80 valence electrons. The summed E-state index contributed by atoms with van der Waals surface area (Å²) in [5.74, 6) is 1.65. The van der Waals surface area contributed by atoms with Crippen LogP contribution in [0.1, 0.15) is 25.0 Å². The molecule has 0 amide bonds. The Kier molecular flexibility index (Phi) is 4.55. The number of hydrogen-bond donors (Lipinski definition) is 2. The highest BCUT2D eigenvalue weighted by Crippen LogP contribution is 1.95. The zero-order valence-electron chi connectivity index (χ0n) is 9.00. The van der Waals surface area contributed by atoms with Crippen molar-refractivity contribution >= 4 is 0 Å². The van der Waals surface area contributed by atoms with E-state index in [-0.39, 0.29) is 0 Å². The van der Waals surface area contributed by atoms with E-state index in [1.165, 1.54) is 0 Å². The Balaban J connectivity index is 2.31. The second-order valence-corrected chi connectivity index (χ2v) is 3.28. The number of ether oxygens (including phenoxy) is 1. The first-order valence-electron chi connectivity index (χ1n) is 4.86. The largest absolute Gasteiger partial charge is 0.383 e. The molecule has 0 aliphatic heterocycles. The monoisotopic (exact) mass is 198 g/mol. The molecule has 0 aromatic carbocycles. The zero-order chi connectivity index (χ0) is 10.4. The van der Waals surface area contributed by atoms with Gasteiger partial charge in [-0.3, -0.25) is 5.10 Å². The predicted molar refractivity (Wildman–Crippen MR) is 53.9 cm³/mol. The summed E-state index contributed by atoms with van der Waals surface area (Å²) in [6.07, 6.45) is 1.04. The van der Waals surface area contributed by atoms with E-state index in [4.69, 9.17) is 4.74 Å². The molecule has 5 heteroatoms. The lowest BCUT2D eigenvalue weighted by atomic mass is 10.2. The molecule has 0 saturated carbocycles. The lowest BCUT2D eigenvalue weighted by Crippen LogP contribution is -2.32. The molecule has 1 unspecified atom stereocenters. The molecule has 1 heterocycles. The fraction of sp³-hybridized carbons (Fsp3) is 0.778. The van der Waals surface area contributed by atoms with Gasteiger partial charge in [-0.25, -0.2) is 4.98 Å². The third-order valence-corrected chi connectivity index (χ3v) is 2.05. The van der Waals surface area contributed by atoms with Crippen molar-refractivity contribution in [2.45, 2.75) is 32.9 Å². The molecule has 0 radical (unpaired) electrons. The molecule has 5 nitrogen and oxygen atoms in total. The van der Waals surface area contributed by atoms with Crippen LogP contribution in [0.3, 0.4) is 0 Å². The van der Waals surface area contributed by atoms with Crippen molar-refractivity contribution in [3.05, 3.63) is 11.6 Å². The molecular formula is C9H18N4O. The van der Waals surface area contributed by atoms with Crippen LogP contribution in [0, 0.1) is 6.92 Å². The molecule has 1 atom stereocenters. The number of hydrogen-bond acceptors (Lipinski definition) is 4. The van der Waals surface area contributed by atoms with Gasteiger partial charge >= 0.3 is 0 Å². The number of aromatic amines is 1. The fourth-order valence-electron chi connectivity index (χ4n) is 1.23. The van der Waals surface area contributed by atoms with Gasteiger partial charge in [-0.1, -0.05) is 6.92 Å². The summed E-state index contributed by atoms with van der Waals surface area (Å²) in [5.41, 5.74) is 0. The summed E-state index contributed by atoms with van der Waals surface area (Å²) in [6.45, 7) is 5.43. The summed E-state index contributed by atoms with van der Waals surface area (Å²) in [6, 6.07) is 0.374. The van der Waals surface area contributed by atoms with Crippen molar-refractivity contribution in [2.24, 2.45) is 0 Å². The second kappa shape index (κ2) is 5.72. The average molecular weight is 198 g/mol. The molecular weight excluding hydrogens is 180 g/mol. The standard InChI is InChI=1S/C9H18N4O/c1-4-8(6-14-3)10-5-9-11-7(2)12-13-9/h8,10H,4-6H2,1-3H3,(H,11,12,13). The third-order valence-electron chi connectivity index (χ3n) is 2.05. The molecule has 1 aromatic heterocycles. The van der Waals surface area contributed by atoms with Crippen LogP contribution in [0.15, 0.2) is 0 Å². The third kappa shape index (κ3) is 3.43. The summed E-state index contributed by atoms with van der Waals surface area (Å²) in [5, 5.41) is 10.2. The lowest BCUT2D eigenvalue weighted by Gasteiger charge is -2.14. The van der Waals surface area contributed by atoms with E-state index in [1.54, 1.807) is 7.11 Å². The number of aromatic nitrogens is 3. The van der Waals surface area contributed by atoms with Crippen LogP contribution in [0.2, 0.25) is 0 Å². The fourth-order valence-corrected chi connectivity index (χ4v) is 1.23. The first-order valence-corrected chi connectivity index (χ1v) is 4.86. The van der Waals surface area contributed by atoms with Crippen molar-refractivity contribution in [1.29, 1.82) is 0 Å². The molecule has 0 saturated heterocycles. The van der Waals surface area contributed by atoms with Gasteiger partial charge in [-0.05, 0) is 13.3 Å². The molecule has 2 N–H and O–H groups in total. The van der Waals surface area contributed by atoms with E-state index in [1.807, 2.05) is 6.92 Å². The SMILES string of the molecule is CCC(COC)NCc1n[nH]c(C)n1. The Morgan fingerprint density at radius 2 is 2.36 bits per heavy atom. The first-order chi connectivity index (χ1) is 6.76. The average Bonchev–Trinajstić information content (AvgIpc) is 2.59. The van der Waals surface area contributed by atoms with Crippen LogP contribution in [0.25, 0.3) is 0 Å².